The van der Waals surface area contributed by atoms with Crippen LogP contribution in [0, 0.1) is 0 Å². The Kier molecular flexibility index (Phi) is 8.13. The third-order valence-corrected chi connectivity index (χ3v) is 7.08. The first kappa shape index (κ1) is 24.4. The van der Waals surface area contributed by atoms with Crippen LogP contribution in [0.3, 0.4) is 0 Å². The first-order chi connectivity index (χ1) is 14.1. The molecule has 1 aliphatic rings. The first-order valence-corrected chi connectivity index (χ1v) is 11.0. The van der Waals surface area contributed by atoms with Crippen LogP contribution in [0.2, 0.25) is 0 Å². The number of ether oxygens (including phenoxy) is 3. The van der Waals surface area contributed by atoms with E-state index in [1.54, 1.807) is 32.0 Å². The van der Waals surface area contributed by atoms with Gasteiger partial charge in [-0.25, -0.2) is 4.79 Å². The van der Waals surface area contributed by atoms with Crippen LogP contribution < -0.4 is 14.8 Å². The summed E-state index contributed by atoms with van der Waals surface area (Å²) < 4.78 is 14.5. The number of likely N-dealkylation sites (tertiary alicyclic amines) is 1. The molecule has 0 radical (unpaired) electrons. The van der Waals surface area contributed by atoms with E-state index in [4.69, 9.17) is 36.5 Å². The second kappa shape index (κ2) is 9.98. The number of amides is 2. The molecule has 2 rings (SSSR count). The molecule has 0 aromatic heterocycles. The fraction of sp³-hybridized carbons (Fsp3) is 0.526. The lowest BCUT2D eigenvalue weighted by atomic mass is 9.94. The van der Waals surface area contributed by atoms with Crippen molar-refractivity contribution in [1.82, 2.24) is 10.2 Å². The van der Waals surface area contributed by atoms with Gasteiger partial charge >= 0.3 is 5.97 Å². The summed E-state index contributed by atoms with van der Waals surface area (Å²) in [6, 6.07) is 3.16. The molecule has 1 saturated heterocycles. The Balaban J connectivity index is 2.14. The van der Waals surface area contributed by atoms with Gasteiger partial charge in [0, 0.05) is 5.56 Å². The number of hydrogen-bond donors (Lipinski definition) is 1. The van der Waals surface area contributed by atoms with Crippen molar-refractivity contribution in [1.29, 1.82) is 0 Å². The number of esters is 1. The van der Waals surface area contributed by atoms with Crippen LogP contribution in [-0.2, 0) is 25.5 Å². The maximum absolute atomic E-state index is 12.7. The lowest BCUT2D eigenvalue weighted by Gasteiger charge is -2.50. The molecular weight excluding hydrogens is 455 g/mol. The summed E-state index contributed by atoms with van der Waals surface area (Å²) in [5.74, 6) is -0.609. The number of alkyl halides is 1. The van der Waals surface area contributed by atoms with E-state index < -0.39 is 40.1 Å². The number of halogens is 2. The Hall–Kier alpha value is -1.84. The predicted octanol–water partition coefficient (Wildman–Crippen LogP) is 2.35. The van der Waals surface area contributed by atoms with Crippen molar-refractivity contribution in [2.75, 3.05) is 21.3 Å². The summed E-state index contributed by atoms with van der Waals surface area (Å²) in [5.41, 5.74) is -0.393. The second-order valence-corrected chi connectivity index (χ2v) is 9.20. The largest absolute Gasteiger partial charge is 0.496 e. The molecule has 30 heavy (non-hydrogen) atoms. The number of nitrogens with one attached hydrogen (secondary N) is 1. The smallest absolute Gasteiger partial charge is 0.330 e. The van der Waals surface area contributed by atoms with Crippen molar-refractivity contribution in [2.24, 2.45) is 0 Å². The molecule has 0 aliphatic carbocycles. The van der Waals surface area contributed by atoms with Gasteiger partial charge in [0.15, 0.2) is 0 Å². The van der Waals surface area contributed by atoms with Gasteiger partial charge in [0.1, 0.15) is 29.1 Å². The molecule has 8 nitrogen and oxygen atoms in total. The summed E-state index contributed by atoms with van der Waals surface area (Å²) in [6.07, 6.45) is -0.0793. The van der Waals surface area contributed by atoms with Crippen LogP contribution >= 0.6 is 33.3 Å². The van der Waals surface area contributed by atoms with E-state index in [0.29, 0.717) is 17.1 Å². The lowest BCUT2D eigenvalue weighted by molar-refractivity contribution is -0.165. The van der Waals surface area contributed by atoms with Gasteiger partial charge in [0.25, 0.3) is 5.91 Å². The van der Waals surface area contributed by atoms with Gasteiger partial charge in [0.05, 0.1) is 32.5 Å². The third-order valence-electron chi connectivity index (χ3n) is 4.81. The van der Waals surface area contributed by atoms with Crippen LogP contribution in [0.1, 0.15) is 19.4 Å². The topological polar surface area (TPSA) is 94.2 Å². The van der Waals surface area contributed by atoms with E-state index in [-0.39, 0.29) is 6.42 Å². The Morgan fingerprint density at radius 3 is 2.23 bits per heavy atom. The zero-order valence-electron chi connectivity index (χ0n) is 17.2. The SMILES string of the molecule is COC(=O)C(N1C(=O)C(NC(=O)Cc2c(OC)cccc2OC)C1Cl)C(C)(C)SCl. The number of carbonyl (C=O) groups is 3. The van der Waals surface area contributed by atoms with Crippen molar-refractivity contribution in [2.45, 2.75) is 42.6 Å². The van der Waals surface area contributed by atoms with E-state index in [1.807, 2.05) is 0 Å². The molecule has 1 N–H and O–H groups in total. The molecule has 0 saturated carbocycles. The van der Waals surface area contributed by atoms with Crippen molar-refractivity contribution in [3.05, 3.63) is 23.8 Å². The quantitative estimate of drug-likeness (QED) is 0.252. The number of nitrogens with zero attached hydrogens (tertiary/aromatic N) is 1. The number of β-lactam (4-membered cyclic amide) rings is 1. The highest BCUT2D eigenvalue weighted by Crippen LogP contribution is 2.40. The maximum atomic E-state index is 12.7. The number of methoxy groups -OCH3 is 3. The van der Waals surface area contributed by atoms with Gasteiger partial charge in [-0.15, -0.1) is 0 Å². The van der Waals surface area contributed by atoms with E-state index in [9.17, 15) is 14.4 Å². The zero-order valence-corrected chi connectivity index (χ0v) is 19.6. The van der Waals surface area contributed by atoms with Gasteiger partial charge in [-0.05, 0) is 47.6 Å². The molecule has 0 spiro atoms. The Labute approximate surface area is 189 Å². The van der Waals surface area contributed by atoms with Gasteiger partial charge in [0.2, 0.25) is 5.91 Å². The fourth-order valence-corrected chi connectivity index (χ4v) is 4.18. The Morgan fingerprint density at radius 1 is 1.23 bits per heavy atom. The van der Waals surface area contributed by atoms with Gasteiger partial charge in [-0.2, -0.15) is 0 Å². The van der Waals surface area contributed by atoms with E-state index in [0.717, 1.165) is 11.0 Å². The minimum Gasteiger partial charge on any atom is -0.496 e. The molecule has 1 aromatic rings. The van der Waals surface area contributed by atoms with Gasteiger partial charge < -0.3 is 24.4 Å². The molecule has 1 fully saturated rings. The highest BCUT2D eigenvalue weighted by Gasteiger charge is 2.56. The van der Waals surface area contributed by atoms with Crippen LogP contribution in [0.25, 0.3) is 0 Å². The molecule has 2 amide bonds. The average Bonchev–Trinajstić information content (AvgIpc) is 2.74. The lowest BCUT2D eigenvalue weighted by Crippen LogP contribution is -2.74. The Morgan fingerprint density at radius 2 is 1.80 bits per heavy atom. The second-order valence-electron chi connectivity index (χ2n) is 7.09. The van der Waals surface area contributed by atoms with Crippen LogP contribution in [0.15, 0.2) is 18.2 Å². The summed E-state index contributed by atoms with van der Waals surface area (Å²) in [4.78, 5) is 38.8. The standard InChI is InChI=1S/C19H24Cl2N2O6S/c1-19(2,30-21)15(18(26)29-5)23-16(20)14(17(23)25)22-13(24)9-10-11(27-3)7-6-8-12(10)28-4/h6-8,14-16H,9H2,1-5H3,(H,22,24). The summed E-state index contributed by atoms with van der Waals surface area (Å²) in [5, 5.41) is 2.61. The number of hydrogen-bond acceptors (Lipinski definition) is 7. The first-order valence-electron chi connectivity index (χ1n) is 8.96. The molecule has 11 heteroatoms. The summed E-state index contributed by atoms with van der Waals surface area (Å²) in [7, 11) is 11.0. The van der Waals surface area contributed by atoms with Crippen LogP contribution in [0.5, 0.6) is 11.5 Å². The molecule has 3 atom stereocenters. The fourth-order valence-electron chi connectivity index (χ4n) is 3.25. The minimum absolute atomic E-state index is 0.0793. The normalized spacial score (nSPS) is 19.6. The molecule has 3 unspecified atom stereocenters. The van der Waals surface area contributed by atoms with Crippen LogP contribution in [-0.4, -0.2) is 66.3 Å². The van der Waals surface area contributed by atoms with E-state index >= 15 is 0 Å². The molecule has 166 valence electrons. The molecule has 1 heterocycles. The Bertz CT molecular complexity index is 800. The highest BCUT2D eigenvalue weighted by atomic mass is 35.7. The van der Waals surface area contributed by atoms with Gasteiger partial charge in [-0.3, -0.25) is 9.59 Å². The molecule has 0 bridgehead atoms. The molecular formula is C19H24Cl2N2O6S. The minimum atomic E-state index is -1.01. The maximum Gasteiger partial charge on any atom is 0.330 e. The number of carbonyl (C=O) groups excluding carboxylic acids is 3. The number of benzene rings is 1. The molecule has 1 aromatic carbocycles. The van der Waals surface area contributed by atoms with Crippen molar-refractivity contribution >= 4 is 51.0 Å². The monoisotopic (exact) mass is 478 g/mol. The van der Waals surface area contributed by atoms with Gasteiger partial charge in [-0.1, -0.05) is 17.7 Å². The van der Waals surface area contributed by atoms with Crippen molar-refractivity contribution < 1.29 is 28.6 Å². The molecule has 1 aliphatic heterocycles. The van der Waals surface area contributed by atoms with Crippen LogP contribution in [0.4, 0.5) is 0 Å². The van der Waals surface area contributed by atoms with E-state index in [1.165, 1.54) is 26.2 Å². The third kappa shape index (κ3) is 4.73. The van der Waals surface area contributed by atoms with Crippen molar-refractivity contribution in [3.8, 4) is 11.5 Å². The predicted molar refractivity (Wildman–Crippen MR) is 115 cm³/mol. The average molecular weight is 479 g/mol. The van der Waals surface area contributed by atoms with E-state index in [2.05, 4.69) is 5.32 Å². The number of rotatable bonds is 9. The summed E-state index contributed by atoms with van der Waals surface area (Å²) in [6.45, 7) is 3.39. The summed E-state index contributed by atoms with van der Waals surface area (Å²) >= 11 is 6.38. The highest BCUT2D eigenvalue weighted by molar-refractivity contribution is 8.22. The zero-order chi connectivity index (χ0) is 22.6. The van der Waals surface area contributed by atoms with Crippen molar-refractivity contribution in [3.63, 3.8) is 0 Å².